The summed E-state index contributed by atoms with van der Waals surface area (Å²) in [6.07, 6.45) is -3.46. The maximum atomic E-state index is 12.9. The molecule has 0 bridgehead atoms. The van der Waals surface area contributed by atoms with Gasteiger partial charge in [-0.1, -0.05) is 12.1 Å². The predicted octanol–water partition coefficient (Wildman–Crippen LogP) is 3.03. The smallest absolute Gasteiger partial charge is 0.355 e. The number of benzene rings is 1. The van der Waals surface area contributed by atoms with E-state index in [9.17, 15) is 17.6 Å². The number of rotatable bonds is 6. The fraction of sp³-hybridized carbons (Fsp3) is 0.312. The normalized spacial score (nSPS) is 11.5. The first kappa shape index (κ1) is 22.9. The van der Waals surface area contributed by atoms with Gasteiger partial charge in [0.15, 0.2) is 5.96 Å². The molecule has 0 saturated heterocycles. The van der Waals surface area contributed by atoms with Crippen molar-refractivity contribution >= 4 is 35.9 Å². The minimum absolute atomic E-state index is 0. The Morgan fingerprint density at radius 1 is 1.07 bits per heavy atom. The molecule has 0 amide bonds. The van der Waals surface area contributed by atoms with Crippen molar-refractivity contribution < 1.29 is 17.6 Å². The zero-order valence-electron chi connectivity index (χ0n) is 14.3. The summed E-state index contributed by atoms with van der Waals surface area (Å²) >= 11 is 0. The molecule has 1 heterocycles. The van der Waals surface area contributed by atoms with Gasteiger partial charge in [0, 0.05) is 32.9 Å². The van der Waals surface area contributed by atoms with Gasteiger partial charge >= 0.3 is 6.18 Å². The van der Waals surface area contributed by atoms with Crippen LogP contribution in [-0.2, 0) is 12.7 Å². The summed E-state index contributed by atoms with van der Waals surface area (Å²) in [6, 6.07) is 6.85. The van der Waals surface area contributed by atoms with Crippen molar-refractivity contribution in [2.45, 2.75) is 12.7 Å². The number of guanidine groups is 1. The van der Waals surface area contributed by atoms with Crippen LogP contribution in [0.4, 0.5) is 23.5 Å². The molecule has 148 valence electrons. The van der Waals surface area contributed by atoms with Gasteiger partial charge in [-0.2, -0.15) is 13.2 Å². The lowest BCUT2D eigenvalue weighted by molar-refractivity contribution is -0.141. The molecule has 3 N–H and O–H groups in total. The molecule has 0 spiro atoms. The Bertz CT molecular complexity index is 736. The number of nitrogens with one attached hydrogen (secondary N) is 3. The minimum Gasteiger partial charge on any atom is -0.355 e. The quantitative estimate of drug-likeness (QED) is 0.188. The highest BCUT2D eigenvalue weighted by Crippen LogP contribution is 2.27. The van der Waals surface area contributed by atoms with E-state index in [4.69, 9.17) is 0 Å². The molecular weight excluding hydrogens is 479 g/mol. The van der Waals surface area contributed by atoms with Crippen molar-refractivity contribution in [1.82, 2.24) is 20.6 Å². The average molecular weight is 498 g/mol. The van der Waals surface area contributed by atoms with E-state index in [1.54, 1.807) is 19.2 Å². The molecule has 2 rings (SSSR count). The van der Waals surface area contributed by atoms with E-state index < -0.39 is 11.9 Å². The van der Waals surface area contributed by atoms with Crippen molar-refractivity contribution in [2.75, 3.05) is 25.5 Å². The summed E-state index contributed by atoms with van der Waals surface area (Å²) in [7, 11) is 1.59. The number of halogens is 5. The van der Waals surface area contributed by atoms with Crippen LogP contribution < -0.4 is 16.0 Å². The van der Waals surface area contributed by atoms with Crippen molar-refractivity contribution in [3.8, 4) is 0 Å². The van der Waals surface area contributed by atoms with Crippen LogP contribution in [-0.4, -0.2) is 36.1 Å². The zero-order valence-corrected chi connectivity index (χ0v) is 16.7. The van der Waals surface area contributed by atoms with Gasteiger partial charge in [-0.3, -0.25) is 4.99 Å². The molecule has 0 fully saturated rings. The summed E-state index contributed by atoms with van der Waals surface area (Å²) in [5, 5.41) is 8.74. The second kappa shape index (κ2) is 10.8. The molecule has 0 atom stereocenters. The monoisotopic (exact) mass is 498 g/mol. The Morgan fingerprint density at radius 2 is 1.78 bits per heavy atom. The Morgan fingerprint density at radius 3 is 2.41 bits per heavy atom. The SMILES string of the molecule is CN=C(NCCNc1nccc(C(F)(F)F)n1)NCc1ccc(F)cc1.I. The first-order valence-electron chi connectivity index (χ1n) is 7.71. The highest BCUT2D eigenvalue weighted by Gasteiger charge is 2.32. The standard InChI is InChI=1S/C16H18F4N6.HI/c1-21-14(25-10-11-2-4-12(17)5-3-11)23-8-9-24-15-22-7-6-13(26-15)16(18,19)20;/h2-7H,8-10H2,1H3,(H2,21,23,25)(H,22,24,26);1H. The summed E-state index contributed by atoms with van der Waals surface area (Å²) in [4.78, 5) is 11.2. The van der Waals surface area contributed by atoms with Gasteiger partial charge in [0.2, 0.25) is 5.95 Å². The summed E-state index contributed by atoms with van der Waals surface area (Å²) < 4.78 is 50.6. The van der Waals surface area contributed by atoms with Crippen LogP contribution in [0.1, 0.15) is 11.3 Å². The zero-order chi connectivity index (χ0) is 19.0. The molecule has 0 aliphatic rings. The van der Waals surface area contributed by atoms with Crippen LogP contribution in [0.25, 0.3) is 0 Å². The first-order chi connectivity index (χ1) is 12.4. The molecule has 11 heteroatoms. The molecular formula is C16H19F4IN6. The molecule has 1 aromatic carbocycles. The summed E-state index contributed by atoms with van der Waals surface area (Å²) in [6.45, 7) is 1.12. The third-order valence-electron chi connectivity index (χ3n) is 3.24. The van der Waals surface area contributed by atoms with Crippen LogP contribution in [0.2, 0.25) is 0 Å². The number of nitrogens with zero attached hydrogens (tertiary/aromatic N) is 3. The number of hydrogen-bond donors (Lipinski definition) is 3. The van der Waals surface area contributed by atoms with E-state index in [1.165, 1.54) is 12.1 Å². The van der Waals surface area contributed by atoms with Crippen molar-refractivity contribution in [1.29, 1.82) is 0 Å². The number of anilines is 1. The van der Waals surface area contributed by atoms with E-state index >= 15 is 0 Å². The van der Waals surface area contributed by atoms with Gasteiger partial charge in [0.1, 0.15) is 11.5 Å². The van der Waals surface area contributed by atoms with Crippen molar-refractivity contribution in [3.63, 3.8) is 0 Å². The molecule has 6 nitrogen and oxygen atoms in total. The highest BCUT2D eigenvalue weighted by molar-refractivity contribution is 14.0. The van der Waals surface area contributed by atoms with Crippen LogP contribution in [0.3, 0.4) is 0 Å². The van der Waals surface area contributed by atoms with E-state index in [0.29, 0.717) is 25.6 Å². The largest absolute Gasteiger partial charge is 0.433 e. The topological polar surface area (TPSA) is 74.2 Å². The molecule has 27 heavy (non-hydrogen) atoms. The van der Waals surface area contributed by atoms with Crippen LogP contribution >= 0.6 is 24.0 Å². The molecule has 0 saturated carbocycles. The second-order valence-electron chi connectivity index (χ2n) is 5.17. The number of aliphatic imine (C=N–C) groups is 1. The average Bonchev–Trinajstić information content (AvgIpc) is 2.62. The third-order valence-corrected chi connectivity index (χ3v) is 3.24. The fourth-order valence-electron chi connectivity index (χ4n) is 1.97. The van der Waals surface area contributed by atoms with E-state index in [0.717, 1.165) is 17.8 Å². The molecule has 0 unspecified atom stereocenters. The van der Waals surface area contributed by atoms with Gasteiger partial charge in [-0.15, -0.1) is 24.0 Å². The maximum Gasteiger partial charge on any atom is 0.433 e. The Labute approximate surface area is 170 Å². The third kappa shape index (κ3) is 7.93. The molecule has 1 aromatic heterocycles. The van der Waals surface area contributed by atoms with Gasteiger partial charge in [-0.25, -0.2) is 14.4 Å². The Kier molecular flexibility index (Phi) is 9.18. The summed E-state index contributed by atoms with van der Waals surface area (Å²) in [5.74, 6) is 0.0936. The first-order valence-corrected chi connectivity index (χ1v) is 7.71. The lowest BCUT2D eigenvalue weighted by atomic mass is 10.2. The van der Waals surface area contributed by atoms with Crippen molar-refractivity contribution in [3.05, 3.63) is 53.6 Å². The van der Waals surface area contributed by atoms with E-state index in [2.05, 4.69) is 30.9 Å². The maximum absolute atomic E-state index is 12.9. The number of hydrogen-bond acceptors (Lipinski definition) is 4. The van der Waals surface area contributed by atoms with E-state index in [-0.39, 0.29) is 35.7 Å². The van der Waals surface area contributed by atoms with Crippen LogP contribution in [0.15, 0.2) is 41.5 Å². The Hall–Kier alpha value is -2.18. The Balaban J connectivity index is 0.00000364. The van der Waals surface area contributed by atoms with Crippen LogP contribution in [0, 0.1) is 5.82 Å². The number of alkyl halides is 3. The molecule has 0 aliphatic heterocycles. The second-order valence-corrected chi connectivity index (χ2v) is 5.17. The predicted molar refractivity (Wildman–Crippen MR) is 106 cm³/mol. The van der Waals surface area contributed by atoms with E-state index in [1.807, 2.05) is 0 Å². The van der Waals surface area contributed by atoms with Gasteiger partial charge in [0.25, 0.3) is 0 Å². The van der Waals surface area contributed by atoms with Gasteiger partial charge in [0.05, 0.1) is 0 Å². The lowest BCUT2D eigenvalue weighted by Gasteiger charge is -2.13. The lowest BCUT2D eigenvalue weighted by Crippen LogP contribution is -2.39. The number of aromatic nitrogens is 2. The van der Waals surface area contributed by atoms with Gasteiger partial charge in [-0.05, 0) is 23.8 Å². The molecule has 2 aromatic rings. The highest BCUT2D eigenvalue weighted by atomic mass is 127. The van der Waals surface area contributed by atoms with Crippen molar-refractivity contribution in [2.24, 2.45) is 4.99 Å². The molecule has 0 radical (unpaired) electrons. The molecule has 0 aliphatic carbocycles. The fourth-order valence-corrected chi connectivity index (χ4v) is 1.97. The van der Waals surface area contributed by atoms with Crippen LogP contribution in [0.5, 0.6) is 0 Å². The minimum atomic E-state index is -4.51. The summed E-state index contributed by atoms with van der Waals surface area (Å²) in [5.41, 5.74) is -0.121. The van der Waals surface area contributed by atoms with Gasteiger partial charge < -0.3 is 16.0 Å².